The van der Waals surface area contributed by atoms with E-state index in [1.807, 2.05) is 15.2 Å². The number of carbonyl (C=O) groups excluding carboxylic acids is 1. The molecule has 1 aromatic carbocycles. The summed E-state index contributed by atoms with van der Waals surface area (Å²) in [6, 6.07) is 7.92. The number of aliphatic hydroxyl groups excluding tert-OH is 1. The van der Waals surface area contributed by atoms with Crippen LogP contribution < -0.4 is 4.74 Å². The van der Waals surface area contributed by atoms with Gasteiger partial charge in [0.05, 0.1) is 18.7 Å². The molecule has 0 bridgehead atoms. The standard InChI is InChI=1S/C25H33FN2O3S/c1-3-5-8-20(29)16-27(12-4-2)17-25(30)28-13-10-24-22(11-14-32-24)23(28)18-31-21-9-6-7-19(26)15-21/h3,6-7,9,11,14-15,20,23,29H,1,4-5,8,10,12-13,16-18H2,2H3/t20-,23-/m0/s1. The molecule has 2 heterocycles. The number of rotatable bonds is 12. The molecule has 2 atom stereocenters. The number of halogens is 1. The van der Waals surface area contributed by atoms with Crippen LogP contribution in [0.25, 0.3) is 0 Å². The molecule has 0 unspecified atom stereocenters. The lowest BCUT2D eigenvalue weighted by molar-refractivity contribution is -0.136. The van der Waals surface area contributed by atoms with Crippen LogP contribution in [0.5, 0.6) is 5.75 Å². The van der Waals surface area contributed by atoms with E-state index in [1.165, 1.54) is 17.0 Å². The maximum atomic E-state index is 13.6. The van der Waals surface area contributed by atoms with E-state index in [4.69, 9.17) is 4.74 Å². The summed E-state index contributed by atoms with van der Waals surface area (Å²) >= 11 is 1.70. The minimum Gasteiger partial charge on any atom is -0.491 e. The first-order valence-corrected chi connectivity index (χ1v) is 12.1. The van der Waals surface area contributed by atoms with Crippen molar-refractivity contribution in [3.8, 4) is 5.75 Å². The summed E-state index contributed by atoms with van der Waals surface area (Å²) in [4.78, 5) is 18.5. The maximum Gasteiger partial charge on any atom is 0.237 e. The van der Waals surface area contributed by atoms with Gasteiger partial charge in [0.15, 0.2) is 0 Å². The van der Waals surface area contributed by atoms with Gasteiger partial charge in [-0.15, -0.1) is 17.9 Å². The molecular formula is C25H33FN2O3S. The smallest absolute Gasteiger partial charge is 0.237 e. The molecule has 1 aliphatic heterocycles. The number of hydrogen-bond acceptors (Lipinski definition) is 5. The number of aliphatic hydroxyl groups is 1. The molecule has 5 nitrogen and oxygen atoms in total. The summed E-state index contributed by atoms with van der Waals surface area (Å²) in [5.41, 5.74) is 1.11. The van der Waals surface area contributed by atoms with Gasteiger partial charge in [-0.2, -0.15) is 0 Å². The average Bonchev–Trinajstić information content (AvgIpc) is 3.25. The molecule has 7 heteroatoms. The molecule has 0 saturated carbocycles. The van der Waals surface area contributed by atoms with E-state index in [2.05, 4.69) is 19.6 Å². The number of nitrogens with zero attached hydrogens (tertiary/aromatic N) is 2. The average molecular weight is 461 g/mol. The van der Waals surface area contributed by atoms with Gasteiger partial charge < -0.3 is 14.7 Å². The molecule has 0 radical (unpaired) electrons. The molecule has 0 spiro atoms. The van der Waals surface area contributed by atoms with Crippen LogP contribution in [0.3, 0.4) is 0 Å². The molecule has 1 amide bonds. The molecule has 3 rings (SSSR count). The second-order valence-electron chi connectivity index (χ2n) is 8.18. The van der Waals surface area contributed by atoms with Gasteiger partial charge in [-0.1, -0.05) is 19.1 Å². The number of ether oxygens (including phenoxy) is 1. The highest BCUT2D eigenvalue weighted by Gasteiger charge is 2.33. The summed E-state index contributed by atoms with van der Waals surface area (Å²) < 4.78 is 19.5. The molecule has 174 valence electrons. The van der Waals surface area contributed by atoms with Gasteiger partial charge in [-0.05, 0) is 61.4 Å². The van der Waals surface area contributed by atoms with Gasteiger partial charge in [0.25, 0.3) is 0 Å². The van der Waals surface area contributed by atoms with Crippen LogP contribution in [0.1, 0.15) is 42.7 Å². The number of benzene rings is 1. The van der Waals surface area contributed by atoms with Gasteiger partial charge in [-0.3, -0.25) is 9.69 Å². The number of amides is 1. The van der Waals surface area contributed by atoms with Crippen molar-refractivity contribution in [2.45, 2.75) is 44.8 Å². The molecule has 0 fully saturated rings. The Hall–Kier alpha value is -2.22. The van der Waals surface area contributed by atoms with Crippen LogP contribution in [0.4, 0.5) is 4.39 Å². The summed E-state index contributed by atoms with van der Waals surface area (Å²) in [5, 5.41) is 12.4. The van der Waals surface area contributed by atoms with Crippen LogP contribution in [-0.4, -0.2) is 59.7 Å². The Kier molecular flexibility index (Phi) is 9.26. The zero-order valence-corrected chi connectivity index (χ0v) is 19.5. The fraction of sp³-hybridized carbons (Fsp3) is 0.480. The Labute approximate surface area is 194 Å². The number of carbonyl (C=O) groups is 1. The third-order valence-corrected chi connectivity index (χ3v) is 6.69. The Bertz CT molecular complexity index is 888. The van der Waals surface area contributed by atoms with Crippen molar-refractivity contribution < 1.29 is 19.0 Å². The SMILES string of the molecule is C=CCC[C@H](O)CN(CCC)CC(=O)N1CCc2sccc2[C@@H]1COc1cccc(F)c1. The molecule has 2 aromatic rings. The third kappa shape index (κ3) is 6.64. The molecule has 1 aliphatic rings. The summed E-state index contributed by atoms with van der Waals surface area (Å²) in [5.74, 6) is 0.136. The Morgan fingerprint density at radius 1 is 1.47 bits per heavy atom. The zero-order valence-electron chi connectivity index (χ0n) is 18.7. The van der Waals surface area contributed by atoms with Crippen molar-refractivity contribution >= 4 is 17.2 Å². The van der Waals surface area contributed by atoms with Gasteiger partial charge in [0, 0.05) is 24.0 Å². The van der Waals surface area contributed by atoms with Crippen molar-refractivity contribution in [2.24, 2.45) is 0 Å². The Morgan fingerprint density at radius 3 is 3.06 bits per heavy atom. The Balaban J connectivity index is 1.69. The summed E-state index contributed by atoms with van der Waals surface area (Å²) in [6.45, 7) is 8.15. The lowest BCUT2D eigenvalue weighted by atomic mass is 10.0. The predicted octanol–water partition coefficient (Wildman–Crippen LogP) is 4.43. The van der Waals surface area contributed by atoms with Crippen LogP contribution in [0.2, 0.25) is 0 Å². The number of hydrogen-bond donors (Lipinski definition) is 1. The van der Waals surface area contributed by atoms with Crippen molar-refractivity contribution in [3.05, 3.63) is 64.6 Å². The highest BCUT2D eigenvalue weighted by Crippen LogP contribution is 2.34. The largest absolute Gasteiger partial charge is 0.491 e. The zero-order chi connectivity index (χ0) is 22.9. The first-order chi connectivity index (χ1) is 15.5. The molecule has 1 aromatic heterocycles. The first-order valence-electron chi connectivity index (χ1n) is 11.3. The normalized spacial score (nSPS) is 16.6. The quantitative estimate of drug-likeness (QED) is 0.476. The fourth-order valence-corrected chi connectivity index (χ4v) is 5.07. The topological polar surface area (TPSA) is 53.0 Å². The van der Waals surface area contributed by atoms with Crippen molar-refractivity contribution in [2.75, 3.05) is 32.8 Å². The van der Waals surface area contributed by atoms with E-state index in [9.17, 15) is 14.3 Å². The molecule has 32 heavy (non-hydrogen) atoms. The summed E-state index contributed by atoms with van der Waals surface area (Å²) in [7, 11) is 0. The maximum absolute atomic E-state index is 13.6. The van der Waals surface area contributed by atoms with E-state index in [0.29, 0.717) is 25.3 Å². The highest BCUT2D eigenvalue weighted by molar-refractivity contribution is 7.10. The molecular weight excluding hydrogens is 427 g/mol. The van der Waals surface area contributed by atoms with Crippen LogP contribution >= 0.6 is 11.3 Å². The highest BCUT2D eigenvalue weighted by atomic mass is 32.1. The minimum atomic E-state index is -0.482. The van der Waals surface area contributed by atoms with E-state index in [1.54, 1.807) is 29.5 Å². The van der Waals surface area contributed by atoms with Gasteiger partial charge >= 0.3 is 0 Å². The van der Waals surface area contributed by atoms with Gasteiger partial charge in [-0.25, -0.2) is 4.39 Å². The number of fused-ring (bicyclic) bond motifs is 1. The fourth-order valence-electron chi connectivity index (χ4n) is 4.14. The van der Waals surface area contributed by atoms with E-state index in [-0.39, 0.29) is 30.9 Å². The van der Waals surface area contributed by atoms with Crippen LogP contribution in [0.15, 0.2) is 48.4 Å². The van der Waals surface area contributed by atoms with Crippen LogP contribution in [0, 0.1) is 5.82 Å². The van der Waals surface area contributed by atoms with Crippen LogP contribution in [-0.2, 0) is 11.2 Å². The van der Waals surface area contributed by atoms with E-state index >= 15 is 0 Å². The second kappa shape index (κ2) is 12.1. The van der Waals surface area contributed by atoms with Gasteiger partial charge in [0.2, 0.25) is 5.91 Å². The van der Waals surface area contributed by atoms with Crippen molar-refractivity contribution in [1.29, 1.82) is 0 Å². The monoisotopic (exact) mass is 460 g/mol. The number of thiophene rings is 1. The van der Waals surface area contributed by atoms with E-state index in [0.717, 1.165) is 31.4 Å². The summed E-state index contributed by atoms with van der Waals surface area (Å²) in [6.07, 6.45) is 4.44. The molecule has 1 N–H and O–H groups in total. The molecule has 0 saturated heterocycles. The van der Waals surface area contributed by atoms with Crippen molar-refractivity contribution in [1.82, 2.24) is 9.80 Å². The lowest BCUT2D eigenvalue weighted by Crippen LogP contribution is -2.47. The molecule has 0 aliphatic carbocycles. The predicted molar refractivity (Wildman–Crippen MR) is 127 cm³/mol. The number of allylic oxidation sites excluding steroid dienone is 1. The third-order valence-electron chi connectivity index (χ3n) is 5.69. The van der Waals surface area contributed by atoms with Gasteiger partial charge in [0.1, 0.15) is 18.2 Å². The lowest BCUT2D eigenvalue weighted by Gasteiger charge is -2.37. The van der Waals surface area contributed by atoms with Crippen molar-refractivity contribution in [3.63, 3.8) is 0 Å². The Morgan fingerprint density at radius 2 is 2.31 bits per heavy atom. The second-order valence-corrected chi connectivity index (χ2v) is 9.18. The minimum absolute atomic E-state index is 0.0269. The first kappa shape index (κ1) is 24.4. The van der Waals surface area contributed by atoms with E-state index < -0.39 is 6.10 Å².